The van der Waals surface area contributed by atoms with E-state index in [0.717, 1.165) is 6.42 Å². The van der Waals surface area contributed by atoms with Gasteiger partial charge in [0.2, 0.25) is 0 Å². The van der Waals surface area contributed by atoms with Gasteiger partial charge in [0, 0.05) is 26.1 Å². The van der Waals surface area contributed by atoms with Crippen molar-refractivity contribution < 1.29 is 14.7 Å². The van der Waals surface area contributed by atoms with Gasteiger partial charge in [-0.2, -0.15) is 0 Å². The van der Waals surface area contributed by atoms with Gasteiger partial charge >= 0.3 is 12.0 Å². The van der Waals surface area contributed by atoms with Crippen LogP contribution in [0.3, 0.4) is 0 Å². The molecule has 0 aliphatic heterocycles. The maximum Gasteiger partial charge on any atom is 0.317 e. The van der Waals surface area contributed by atoms with Gasteiger partial charge in [0.05, 0.1) is 0 Å². The van der Waals surface area contributed by atoms with Gasteiger partial charge in [0.15, 0.2) is 0 Å². The standard InChI is InChI=1S/C11H20N2O3/c1-3-8-13(9-4-2)11(16)12-7-5-6-10(14)15/h3H,1,4-9H2,2H3,(H,12,16)(H,14,15). The van der Waals surface area contributed by atoms with Gasteiger partial charge in [-0.25, -0.2) is 4.79 Å². The molecule has 0 bridgehead atoms. The second kappa shape index (κ2) is 8.76. The number of nitrogens with one attached hydrogen (secondary N) is 1. The summed E-state index contributed by atoms with van der Waals surface area (Å²) in [6.45, 7) is 7.16. The van der Waals surface area contributed by atoms with Crippen molar-refractivity contribution in [1.29, 1.82) is 0 Å². The van der Waals surface area contributed by atoms with Crippen molar-refractivity contribution in [1.82, 2.24) is 10.2 Å². The molecule has 16 heavy (non-hydrogen) atoms. The maximum absolute atomic E-state index is 11.6. The van der Waals surface area contributed by atoms with Crippen molar-refractivity contribution in [3.8, 4) is 0 Å². The summed E-state index contributed by atoms with van der Waals surface area (Å²) in [5.41, 5.74) is 0. The van der Waals surface area contributed by atoms with Crippen LogP contribution in [0.1, 0.15) is 26.2 Å². The van der Waals surface area contributed by atoms with E-state index in [2.05, 4.69) is 11.9 Å². The minimum absolute atomic E-state index is 0.0789. The van der Waals surface area contributed by atoms with Crippen LogP contribution < -0.4 is 5.32 Å². The van der Waals surface area contributed by atoms with E-state index < -0.39 is 5.97 Å². The molecule has 0 radical (unpaired) electrons. The van der Waals surface area contributed by atoms with Crippen molar-refractivity contribution in [2.45, 2.75) is 26.2 Å². The molecular formula is C11H20N2O3. The molecule has 5 heteroatoms. The number of urea groups is 1. The average molecular weight is 228 g/mol. The summed E-state index contributed by atoms with van der Waals surface area (Å²) in [7, 11) is 0. The molecule has 0 aromatic rings. The number of carboxylic acids is 1. The molecule has 0 aliphatic rings. The number of carbonyl (C=O) groups excluding carboxylic acids is 1. The van der Waals surface area contributed by atoms with E-state index in [1.54, 1.807) is 11.0 Å². The molecule has 0 rings (SSSR count). The number of carbonyl (C=O) groups is 2. The van der Waals surface area contributed by atoms with Gasteiger partial charge in [-0.15, -0.1) is 6.58 Å². The summed E-state index contributed by atoms with van der Waals surface area (Å²) in [5.74, 6) is -0.842. The minimum atomic E-state index is -0.842. The Morgan fingerprint density at radius 2 is 2.19 bits per heavy atom. The molecule has 0 saturated heterocycles. The van der Waals surface area contributed by atoms with Crippen LogP contribution in [0, 0.1) is 0 Å². The summed E-state index contributed by atoms with van der Waals surface area (Å²) >= 11 is 0. The van der Waals surface area contributed by atoms with Gasteiger partial charge in [-0.3, -0.25) is 4.79 Å². The molecule has 0 aromatic carbocycles. The Morgan fingerprint density at radius 3 is 2.69 bits per heavy atom. The molecule has 5 nitrogen and oxygen atoms in total. The molecule has 2 N–H and O–H groups in total. The molecule has 0 unspecified atom stereocenters. The van der Waals surface area contributed by atoms with Gasteiger partial charge in [0.1, 0.15) is 0 Å². The SMILES string of the molecule is C=CCN(CCC)C(=O)NCCCC(=O)O. The van der Waals surface area contributed by atoms with Crippen LogP contribution in [-0.2, 0) is 4.79 Å². The molecular weight excluding hydrogens is 208 g/mol. The number of nitrogens with zero attached hydrogens (tertiary/aromatic N) is 1. The van der Waals surface area contributed by atoms with E-state index in [1.165, 1.54) is 0 Å². The summed E-state index contributed by atoms with van der Waals surface area (Å²) in [5, 5.41) is 11.1. The molecule has 0 heterocycles. The van der Waals surface area contributed by atoms with Crippen molar-refractivity contribution in [3.63, 3.8) is 0 Å². The Hall–Kier alpha value is -1.52. The first-order chi connectivity index (χ1) is 7.61. The van der Waals surface area contributed by atoms with Crippen LogP contribution in [-0.4, -0.2) is 41.6 Å². The first-order valence-corrected chi connectivity index (χ1v) is 5.47. The normalized spacial score (nSPS) is 9.56. The predicted molar refractivity (Wildman–Crippen MR) is 62.3 cm³/mol. The third kappa shape index (κ3) is 6.86. The fourth-order valence-electron chi connectivity index (χ4n) is 1.25. The number of hydrogen-bond donors (Lipinski definition) is 2. The number of rotatable bonds is 8. The van der Waals surface area contributed by atoms with E-state index >= 15 is 0 Å². The van der Waals surface area contributed by atoms with Gasteiger partial charge in [-0.1, -0.05) is 13.0 Å². The summed E-state index contributed by atoms with van der Waals surface area (Å²) in [6, 6.07) is -0.160. The quantitative estimate of drug-likeness (QED) is 0.488. The van der Waals surface area contributed by atoms with E-state index in [9.17, 15) is 9.59 Å². The molecule has 92 valence electrons. The van der Waals surface area contributed by atoms with E-state index in [4.69, 9.17) is 5.11 Å². The van der Waals surface area contributed by atoms with E-state index in [-0.39, 0.29) is 12.5 Å². The fourth-order valence-corrected chi connectivity index (χ4v) is 1.25. The van der Waals surface area contributed by atoms with Crippen LogP contribution in [0.25, 0.3) is 0 Å². The van der Waals surface area contributed by atoms with Crippen molar-refractivity contribution in [2.75, 3.05) is 19.6 Å². The first kappa shape index (κ1) is 14.5. The molecule has 0 fully saturated rings. The van der Waals surface area contributed by atoms with Gasteiger partial charge in [0.25, 0.3) is 0 Å². The summed E-state index contributed by atoms with van der Waals surface area (Å²) < 4.78 is 0. The highest BCUT2D eigenvalue weighted by Crippen LogP contribution is 1.94. The van der Waals surface area contributed by atoms with Gasteiger partial charge < -0.3 is 15.3 Å². The topological polar surface area (TPSA) is 69.6 Å². The molecule has 0 atom stereocenters. The summed E-state index contributed by atoms with van der Waals surface area (Å²) in [4.78, 5) is 23.5. The molecule has 0 aliphatic carbocycles. The van der Waals surface area contributed by atoms with Crippen LogP contribution >= 0.6 is 0 Å². The first-order valence-electron chi connectivity index (χ1n) is 5.47. The zero-order valence-corrected chi connectivity index (χ0v) is 9.74. The highest BCUT2D eigenvalue weighted by molar-refractivity contribution is 5.74. The molecule has 2 amide bonds. The van der Waals surface area contributed by atoms with Crippen LogP contribution in [0.15, 0.2) is 12.7 Å². The zero-order valence-electron chi connectivity index (χ0n) is 9.74. The zero-order chi connectivity index (χ0) is 12.4. The Kier molecular flexibility index (Phi) is 7.93. The maximum atomic E-state index is 11.6. The largest absolute Gasteiger partial charge is 0.481 e. The van der Waals surface area contributed by atoms with Crippen LogP contribution in [0.5, 0.6) is 0 Å². The lowest BCUT2D eigenvalue weighted by Crippen LogP contribution is -2.40. The Balaban J connectivity index is 3.81. The lowest BCUT2D eigenvalue weighted by molar-refractivity contribution is -0.137. The van der Waals surface area contributed by atoms with Gasteiger partial charge in [-0.05, 0) is 12.8 Å². The second-order valence-electron chi connectivity index (χ2n) is 3.46. The Labute approximate surface area is 96.1 Å². The third-order valence-corrected chi connectivity index (χ3v) is 1.97. The molecule has 0 saturated carbocycles. The van der Waals surface area contributed by atoms with E-state index in [0.29, 0.717) is 26.1 Å². The smallest absolute Gasteiger partial charge is 0.317 e. The minimum Gasteiger partial charge on any atom is -0.481 e. The number of hydrogen-bond acceptors (Lipinski definition) is 2. The Bertz CT molecular complexity index is 241. The average Bonchev–Trinajstić information content (AvgIpc) is 2.23. The van der Waals surface area contributed by atoms with Crippen LogP contribution in [0.2, 0.25) is 0 Å². The van der Waals surface area contributed by atoms with Crippen molar-refractivity contribution in [3.05, 3.63) is 12.7 Å². The third-order valence-electron chi connectivity index (χ3n) is 1.97. The van der Waals surface area contributed by atoms with E-state index in [1.807, 2.05) is 6.92 Å². The monoisotopic (exact) mass is 228 g/mol. The number of aliphatic carboxylic acids is 1. The highest BCUT2D eigenvalue weighted by atomic mass is 16.4. The van der Waals surface area contributed by atoms with Crippen LogP contribution in [0.4, 0.5) is 4.79 Å². The lowest BCUT2D eigenvalue weighted by atomic mass is 10.3. The molecule has 0 spiro atoms. The van der Waals surface area contributed by atoms with Crippen molar-refractivity contribution in [2.24, 2.45) is 0 Å². The fraction of sp³-hybridized carbons (Fsp3) is 0.636. The second-order valence-corrected chi connectivity index (χ2v) is 3.46. The lowest BCUT2D eigenvalue weighted by Gasteiger charge is -2.20. The number of amides is 2. The highest BCUT2D eigenvalue weighted by Gasteiger charge is 2.09. The Morgan fingerprint density at radius 1 is 1.50 bits per heavy atom. The summed E-state index contributed by atoms with van der Waals surface area (Å²) in [6.07, 6.45) is 3.09. The number of carboxylic acid groups (broad SMARTS) is 1. The molecule has 0 aromatic heterocycles. The van der Waals surface area contributed by atoms with Crippen molar-refractivity contribution >= 4 is 12.0 Å². The predicted octanol–water partition coefficient (Wildman–Crippen LogP) is 1.46.